The van der Waals surface area contributed by atoms with Crippen LogP contribution >= 0.6 is 0 Å². The molecule has 21 heavy (non-hydrogen) atoms. The van der Waals surface area contributed by atoms with Crippen molar-refractivity contribution in [3.05, 3.63) is 11.6 Å². The number of amides is 1. The largest absolute Gasteiger partial charge is 0.339 e. The molecule has 3 atom stereocenters. The molecule has 1 heterocycles. The predicted octanol–water partition coefficient (Wildman–Crippen LogP) is 2.61. The van der Waals surface area contributed by atoms with Crippen LogP contribution in [0, 0.1) is 17.8 Å². The van der Waals surface area contributed by atoms with Gasteiger partial charge in [-0.15, -0.1) is 5.10 Å². The summed E-state index contributed by atoms with van der Waals surface area (Å²) in [6.07, 6.45) is 5.42. The van der Waals surface area contributed by atoms with Gasteiger partial charge in [-0.2, -0.15) is 0 Å². The monoisotopic (exact) mass is 290 g/mol. The minimum atomic E-state index is -0.116. The molecule has 3 unspecified atom stereocenters. The zero-order chi connectivity index (χ0) is 15.2. The Balaban J connectivity index is 1.63. The zero-order valence-electron chi connectivity index (χ0n) is 13.5. The lowest BCUT2D eigenvalue weighted by Gasteiger charge is -2.26. The van der Waals surface area contributed by atoms with Gasteiger partial charge in [-0.05, 0) is 37.0 Å². The second kappa shape index (κ2) is 5.11. The molecular weight excluding hydrogens is 264 g/mol. The van der Waals surface area contributed by atoms with Crippen molar-refractivity contribution in [1.29, 1.82) is 0 Å². The first-order valence-electron chi connectivity index (χ1n) is 8.03. The molecule has 1 aromatic rings. The van der Waals surface area contributed by atoms with E-state index < -0.39 is 0 Å². The Bertz CT molecular complexity index is 531. The Kier molecular flexibility index (Phi) is 3.54. The average Bonchev–Trinajstić information content (AvgIpc) is 3.12. The highest BCUT2D eigenvalue weighted by Crippen LogP contribution is 2.48. The van der Waals surface area contributed by atoms with E-state index >= 15 is 0 Å². The van der Waals surface area contributed by atoms with Gasteiger partial charge in [-0.1, -0.05) is 27.2 Å². The van der Waals surface area contributed by atoms with Crippen LogP contribution in [0.25, 0.3) is 0 Å². The minimum absolute atomic E-state index is 0.0653. The molecule has 5 nitrogen and oxygen atoms in total. The summed E-state index contributed by atoms with van der Waals surface area (Å²) in [5.74, 6) is 3.43. The molecule has 0 saturated heterocycles. The third-order valence-electron chi connectivity index (χ3n) is 5.13. The molecule has 2 bridgehead atoms. The number of nitrogens with one attached hydrogen (secondary N) is 1. The number of rotatable bonds is 3. The van der Waals surface area contributed by atoms with Gasteiger partial charge in [-0.25, -0.2) is 4.98 Å². The third-order valence-corrected chi connectivity index (χ3v) is 5.13. The van der Waals surface area contributed by atoms with Crippen molar-refractivity contribution in [1.82, 2.24) is 20.1 Å². The normalized spacial score (nSPS) is 28.1. The molecule has 2 fully saturated rings. The summed E-state index contributed by atoms with van der Waals surface area (Å²) in [5, 5.41) is 6.99. The van der Waals surface area contributed by atoms with Crippen LogP contribution in [0.4, 0.5) is 0 Å². The Morgan fingerprint density at radius 2 is 2.10 bits per heavy atom. The number of carbonyl (C=O) groups excluding carboxylic acids is 1. The summed E-state index contributed by atoms with van der Waals surface area (Å²) < 4.78 is 0. The van der Waals surface area contributed by atoms with Gasteiger partial charge in [0, 0.05) is 19.0 Å². The smallest absolute Gasteiger partial charge is 0.293 e. The average molecular weight is 290 g/mol. The Morgan fingerprint density at radius 1 is 1.33 bits per heavy atom. The number of fused-ring (bicyclic) bond motifs is 2. The number of hydrogen-bond donors (Lipinski definition) is 1. The number of aromatic amines is 1. The van der Waals surface area contributed by atoms with E-state index in [9.17, 15) is 4.79 Å². The fourth-order valence-electron chi connectivity index (χ4n) is 3.90. The van der Waals surface area contributed by atoms with Crippen molar-refractivity contribution in [3.63, 3.8) is 0 Å². The summed E-state index contributed by atoms with van der Waals surface area (Å²) in [6, 6.07) is 0. The van der Waals surface area contributed by atoms with E-state index in [2.05, 4.69) is 36.0 Å². The summed E-state index contributed by atoms with van der Waals surface area (Å²) >= 11 is 0. The van der Waals surface area contributed by atoms with Crippen molar-refractivity contribution >= 4 is 5.91 Å². The topological polar surface area (TPSA) is 61.9 Å². The third kappa shape index (κ3) is 2.83. The van der Waals surface area contributed by atoms with Gasteiger partial charge < -0.3 is 4.90 Å². The van der Waals surface area contributed by atoms with Gasteiger partial charge >= 0.3 is 0 Å². The summed E-state index contributed by atoms with van der Waals surface area (Å²) in [4.78, 5) is 18.6. The Hall–Kier alpha value is -1.39. The fourth-order valence-corrected chi connectivity index (χ4v) is 3.90. The van der Waals surface area contributed by atoms with Crippen LogP contribution in [0.1, 0.15) is 62.9 Å². The van der Waals surface area contributed by atoms with Gasteiger partial charge in [0.05, 0.1) is 0 Å². The predicted molar refractivity (Wildman–Crippen MR) is 81.0 cm³/mol. The molecule has 5 heteroatoms. The molecule has 2 saturated carbocycles. The highest BCUT2D eigenvalue weighted by atomic mass is 16.2. The fraction of sp³-hybridized carbons (Fsp3) is 0.812. The highest BCUT2D eigenvalue weighted by Gasteiger charge is 2.40. The highest BCUT2D eigenvalue weighted by molar-refractivity contribution is 5.90. The molecule has 3 rings (SSSR count). The molecule has 1 amide bonds. The lowest BCUT2D eigenvalue weighted by molar-refractivity contribution is 0.0742. The van der Waals surface area contributed by atoms with E-state index in [1.807, 2.05) is 7.05 Å². The second-order valence-electron chi connectivity index (χ2n) is 7.88. The molecule has 2 aliphatic rings. The first-order valence-corrected chi connectivity index (χ1v) is 8.03. The van der Waals surface area contributed by atoms with E-state index in [1.165, 1.54) is 25.7 Å². The van der Waals surface area contributed by atoms with Gasteiger partial charge in [0.25, 0.3) is 5.91 Å². The van der Waals surface area contributed by atoms with Crippen LogP contribution in [-0.4, -0.2) is 39.6 Å². The summed E-state index contributed by atoms with van der Waals surface area (Å²) in [5.41, 5.74) is -0.116. The number of carbonyl (C=O) groups is 1. The van der Waals surface area contributed by atoms with Crippen molar-refractivity contribution in [3.8, 4) is 0 Å². The van der Waals surface area contributed by atoms with Crippen LogP contribution < -0.4 is 0 Å². The van der Waals surface area contributed by atoms with Gasteiger partial charge in [0.1, 0.15) is 5.82 Å². The van der Waals surface area contributed by atoms with E-state index in [-0.39, 0.29) is 11.3 Å². The Labute approximate surface area is 126 Å². The lowest BCUT2D eigenvalue weighted by Crippen LogP contribution is -2.34. The molecular formula is C16H26N4O. The second-order valence-corrected chi connectivity index (χ2v) is 7.88. The van der Waals surface area contributed by atoms with Crippen LogP contribution in [0.5, 0.6) is 0 Å². The van der Waals surface area contributed by atoms with Gasteiger partial charge in [0.2, 0.25) is 5.82 Å². The van der Waals surface area contributed by atoms with Crippen LogP contribution in [-0.2, 0) is 5.41 Å². The van der Waals surface area contributed by atoms with Crippen LogP contribution in [0.3, 0.4) is 0 Å². The number of aromatic nitrogens is 3. The standard InChI is InChI=1S/C16H26N4O/c1-16(2,3)15-17-13(18-19-15)14(21)20(4)9-12-8-10-5-6-11(12)7-10/h10-12H,5-9H2,1-4H3,(H,17,18,19). The van der Waals surface area contributed by atoms with E-state index in [0.29, 0.717) is 11.7 Å². The maximum Gasteiger partial charge on any atom is 0.293 e. The first kappa shape index (κ1) is 14.5. The zero-order valence-corrected chi connectivity index (χ0v) is 13.5. The SMILES string of the molecule is CN(CC1CC2CCC1C2)C(=O)c1n[nH]c(C(C)(C)C)n1. The Morgan fingerprint density at radius 3 is 2.62 bits per heavy atom. The van der Waals surface area contributed by atoms with E-state index in [4.69, 9.17) is 0 Å². The van der Waals surface area contributed by atoms with Crippen molar-refractivity contribution in [2.75, 3.05) is 13.6 Å². The minimum Gasteiger partial charge on any atom is -0.339 e. The number of H-pyrrole nitrogens is 1. The molecule has 116 valence electrons. The molecule has 1 N–H and O–H groups in total. The molecule has 0 aliphatic heterocycles. The van der Waals surface area contributed by atoms with Gasteiger partial charge in [0.15, 0.2) is 0 Å². The van der Waals surface area contributed by atoms with Crippen molar-refractivity contribution in [2.45, 2.75) is 51.9 Å². The van der Waals surface area contributed by atoms with E-state index in [0.717, 1.165) is 24.2 Å². The van der Waals surface area contributed by atoms with E-state index in [1.54, 1.807) is 4.90 Å². The quantitative estimate of drug-likeness (QED) is 0.930. The maximum absolute atomic E-state index is 12.5. The lowest BCUT2D eigenvalue weighted by atomic mass is 9.88. The number of hydrogen-bond acceptors (Lipinski definition) is 3. The van der Waals surface area contributed by atoms with Crippen molar-refractivity contribution < 1.29 is 4.79 Å². The van der Waals surface area contributed by atoms with Crippen molar-refractivity contribution in [2.24, 2.45) is 17.8 Å². The maximum atomic E-state index is 12.5. The van der Waals surface area contributed by atoms with Crippen LogP contribution in [0.2, 0.25) is 0 Å². The summed E-state index contributed by atoms with van der Waals surface area (Å²) in [7, 11) is 1.88. The molecule has 1 aromatic heterocycles. The van der Waals surface area contributed by atoms with Crippen LogP contribution in [0.15, 0.2) is 0 Å². The molecule has 0 aromatic carbocycles. The molecule has 0 spiro atoms. The molecule has 0 radical (unpaired) electrons. The molecule has 2 aliphatic carbocycles. The first-order chi connectivity index (χ1) is 9.84. The summed E-state index contributed by atoms with van der Waals surface area (Å²) in [6.45, 7) is 7.02. The number of nitrogens with zero attached hydrogens (tertiary/aromatic N) is 3. The van der Waals surface area contributed by atoms with Gasteiger partial charge in [-0.3, -0.25) is 9.89 Å².